The second kappa shape index (κ2) is 5.66. The van der Waals surface area contributed by atoms with E-state index in [1.807, 2.05) is 6.92 Å². The smallest absolute Gasteiger partial charge is 0.167 e. The van der Waals surface area contributed by atoms with Crippen LogP contribution in [0.4, 0.5) is 8.78 Å². The van der Waals surface area contributed by atoms with Gasteiger partial charge in [-0.1, -0.05) is 6.92 Å². The van der Waals surface area contributed by atoms with E-state index >= 15 is 0 Å². The van der Waals surface area contributed by atoms with Crippen molar-refractivity contribution >= 4 is 0 Å². The second-order valence-corrected chi connectivity index (χ2v) is 3.28. The van der Waals surface area contributed by atoms with Gasteiger partial charge in [-0.05, 0) is 25.6 Å². The van der Waals surface area contributed by atoms with Gasteiger partial charge in [0, 0.05) is 12.6 Å². The molecule has 1 N–H and O–H groups in total. The summed E-state index contributed by atoms with van der Waals surface area (Å²) in [5.41, 5.74) is 0. The molecule has 0 saturated heterocycles. The zero-order chi connectivity index (χ0) is 11.3. The molecule has 0 heterocycles. The van der Waals surface area contributed by atoms with Crippen molar-refractivity contribution in [3.63, 3.8) is 0 Å². The lowest BCUT2D eigenvalue weighted by atomic mass is 10.2. The van der Waals surface area contributed by atoms with Crippen molar-refractivity contribution in [2.45, 2.75) is 19.4 Å². The predicted molar refractivity (Wildman–Crippen MR) is 55.0 cm³/mol. The Morgan fingerprint density at radius 2 is 2.13 bits per heavy atom. The molecule has 1 unspecified atom stereocenters. The molecule has 1 aromatic rings. The molecule has 1 rings (SSSR count). The molecule has 0 fully saturated rings. The van der Waals surface area contributed by atoms with Crippen LogP contribution < -0.4 is 10.1 Å². The van der Waals surface area contributed by atoms with E-state index in [4.69, 9.17) is 4.74 Å². The van der Waals surface area contributed by atoms with E-state index in [0.717, 1.165) is 12.5 Å². The lowest BCUT2D eigenvalue weighted by Gasteiger charge is -2.17. The summed E-state index contributed by atoms with van der Waals surface area (Å²) >= 11 is 0. The number of ether oxygens (including phenoxy) is 1. The molecular formula is C11H15F2NO. The molecule has 0 aliphatic carbocycles. The molecule has 0 aliphatic rings. The second-order valence-electron chi connectivity index (χ2n) is 3.28. The van der Waals surface area contributed by atoms with Crippen LogP contribution in [-0.4, -0.2) is 19.7 Å². The van der Waals surface area contributed by atoms with Crippen molar-refractivity contribution in [1.82, 2.24) is 5.32 Å². The zero-order valence-corrected chi connectivity index (χ0v) is 8.89. The summed E-state index contributed by atoms with van der Waals surface area (Å²) in [7, 11) is 1.80. The molecule has 15 heavy (non-hydrogen) atoms. The van der Waals surface area contributed by atoms with Crippen molar-refractivity contribution in [2.75, 3.05) is 13.6 Å². The topological polar surface area (TPSA) is 21.3 Å². The third-order valence-corrected chi connectivity index (χ3v) is 2.07. The van der Waals surface area contributed by atoms with E-state index in [2.05, 4.69) is 5.32 Å². The summed E-state index contributed by atoms with van der Waals surface area (Å²) in [6.07, 6.45) is 0.660. The Kier molecular flexibility index (Phi) is 4.49. The summed E-state index contributed by atoms with van der Waals surface area (Å²) < 4.78 is 31.2. The van der Waals surface area contributed by atoms with E-state index in [1.165, 1.54) is 12.1 Å². The molecule has 1 atom stereocenters. The number of hydrogen-bond acceptors (Lipinski definition) is 2. The number of rotatable bonds is 5. The van der Waals surface area contributed by atoms with Gasteiger partial charge in [0.2, 0.25) is 0 Å². The van der Waals surface area contributed by atoms with Crippen LogP contribution in [-0.2, 0) is 0 Å². The SMILES string of the molecule is CCC(CNC)Oc1ccc(F)cc1F. The van der Waals surface area contributed by atoms with Crippen LogP contribution in [0.5, 0.6) is 5.75 Å². The Morgan fingerprint density at radius 1 is 1.40 bits per heavy atom. The molecular weight excluding hydrogens is 200 g/mol. The van der Waals surface area contributed by atoms with Gasteiger partial charge in [-0.3, -0.25) is 0 Å². The Labute approximate surface area is 88.3 Å². The van der Waals surface area contributed by atoms with E-state index in [9.17, 15) is 8.78 Å². The van der Waals surface area contributed by atoms with Gasteiger partial charge in [-0.15, -0.1) is 0 Å². The Balaban J connectivity index is 2.70. The predicted octanol–water partition coefficient (Wildman–Crippen LogP) is 2.34. The summed E-state index contributed by atoms with van der Waals surface area (Å²) in [4.78, 5) is 0. The van der Waals surface area contributed by atoms with Crippen molar-refractivity contribution in [3.05, 3.63) is 29.8 Å². The number of halogens is 2. The standard InChI is InChI=1S/C11H15F2NO/c1-3-9(7-14-2)15-11-5-4-8(12)6-10(11)13/h4-6,9,14H,3,7H2,1-2H3. The Bertz CT molecular complexity index is 317. The fourth-order valence-corrected chi connectivity index (χ4v) is 1.25. The summed E-state index contributed by atoms with van der Waals surface area (Å²) in [6, 6.07) is 3.31. The van der Waals surface area contributed by atoms with Crippen LogP contribution in [0.1, 0.15) is 13.3 Å². The van der Waals surface area contributed by atoms with Crippen LogP contribution in [0, 0.1) is 11.6 Å². The zero-order valence-electron chi connectivity index (χ0n) is 8.89. The van der Waals surface area contributed by atoms with Crippen molar-refractivity contribution < 1.29 is 13.5 Å². The summed E-state index contributed by atoms with van der Waals surface area (Å²) in [5, 5.41) is 2.95. The van der Waals surface area contributed by atoms with E-state index in [1.54, 1.807) is 7.05 Å². The molecule has 84 valence electrons. The number of likely N-dealkylation sites (N-methyl/N-ethyl adjacent to an activating group) is 1. The van der Waals surface area contributed by atoms with Gasteiger partial charge in [0.05, 0.1) is 0 Å². The maximum absolute atomic E-state index is 13.2. The Hall–Kier alpha value is -1.16. The minimum atomic E-state index is -0.662. The first kappa shape index (κ1) is 11.9. The van der Waals surface area contributed by atoms with Crippen molar-refractivity contribution in [1.29, 1.82) is 0 Å². The molecule has 1 aromatic carbocycles. The van der Waals surface area contributed by atoms with Gasteiger partial charge < -0.3 is 10.1 Å². The highest BCUT2D eigenvalue weighted by Gasteiger charge is 2.10. The number of nitrogens with one attached hydrogen (secondary N) is 1. The van der Waals surface area contributed by atoms with Crippen LogP contribution in [0.15, 0.2) is 18.2 Å². The molecule has 0 aliphatic heterocycles. The van der Waals surface area contributed by atoms with Gasteiger partial charge in [0.15, 0.2) is 11.6 Å². The van der Waals surface area contributed by atoms with Gasteiger partial charge in [0.1, 0.15) is 11.9 Å². The lowest BCUT2D eigenvalue weighted by molar-refractivity contribution is 0.187. The first-order chi connectivity index (χ1) is 7.17. The maximum atomic E-state index is 13.2. The van der Waals surface area contributed by atoms with E-state index in [0.29, 0.717) is 6.54 Å². The van der Waals surface area contributed by atoms with Crippen LogP contribution in [0.2, 0.25) is 0 Å². The largest absolute Gasteiger partial charge is 0.486 e. The number of benzene rings is 1. The monoisotopic (exact) mass is 215 g/mol. The molecule has 0 radical (unpaired) electrons. The van der Waals surface area contributed by atoms with Gasteiger partial charge in [-0.25, -0.2) is 8.78 Å². The highest BCUT2D eigenvalue weighted by molar-refractivity contribution is 5.24. The fraction of sp³-hybridized carbons (Fsp3) is 0.455. The van der Waals surface area contributed by atoms with Crippen LogP contribution in [0.25, 0.3) is 0 Å². The first-order valence-electron chi connectivity index (χ1n) is 4.93. The maximum Gasteiger partial charge on any atom is 0.167 e. The summed E-state index contributed by atoms with van der Waals surface area (Å²) in [5.74, 6) is -1.16. The van der Waals surface area contributed by atoms with E-state index in [-0.39, 0.29) is 11.9 Å². The normalized spacial score (nSPS) is 12.5. The Morgan fingerprint density at radius 3 is 2.67 bits per heavy atom. The number of hydrogen-bond donors (Lipinski definition) is 1. The average molecular weight is 215 g/mol. The third-order valence-electron chi connectivity index (χ3n) is 2.07. The summed E-state index contributed by atoms with van der Waals surface area (Å²) in [6.45, 7) is 2.58. The third kappa shape index (κ3) is 3.47. The first-order valence-corrected chi connectivity index (χ1v) is 4.93. The molecule has 2 nitrogen and oxygen atoms in total. The molecule has 0 saturated carbocycles. The quantitative estimate of drug-likeness (QED) is 0.814. The fourth-order valence-electron chi connectivity index (χ4n) is 1.25. The van der Waals surface area contributed by atoms with E-state index < -0.39 is 11.6 Å². The molecule has 0 amide bonds. The van der Waals surface area contributed by atoms with Crippen LogP contribution >= 0.6 is 0 Å². The van der Waals surface area contributed by atoms with Gasteiger partial charge in [-0.2, -0.15) is 0 Å². The van der Waals surface area contributed by atoms with Gasteiger partial charge >= 0.3 is 0 Å². The highest BCUT2D eigenvalue weighted by atomic mass is 19.1. The minimum Gasteiger partial charge on any atom is -0.486 e. The molecule has 4 heteroatoms. The van der Waals surface area contributed by atoms with Gasteiger partial charge in [0.25, 0.3) is 0 Å². The molecule has 0 bridgehead atoms. The van der Waals surface area contributed by atoms with Crippen LogP contribution in [0.3, 0.4) is 0 Å². The highest BCUT2D eigenvalue weighted by Crippen LogP contribution is 2.19. The van der Waals surface area contributed by atoms with Crippen molar-refractivity contribution in [2.24, 2.45) is 0 Å². The minimum absolute atomic E-state index is 0.0958. The lowest BCUT2D eigenvalue weighted by Crippen LogP contribution is -2.28. The van der Waals surface area contributed by atoms with Crippen molar-refractivity contribution in [3.8, 4) is 5.75 Å². The average Bonchev–Trinajstić information content (AvgIpc) is 2.21. The molecule has 0 spiro atoms. The molecule has 0 aromatic heterocycles.